The van der Waals surface area contributed by atoms with Crippen LogP contribution in [0.4, 0.5) is 0 Å². The van der Waals surface area contributed by atoms with Gasteiger partial charge in [-0.2, -0.15) is 0 Å². The van der Waals surface area contributed by atoms with E-state index in [2.05, 4.69) is 18.0 Å². The van der Waals surface area contributed by atoms with E-state index in [4.69, 9.17) is 4.74 Å². The monoisotopic (exact) mass is 270 g/mol. The first-order valence-corrected chi connectivity index (χ1v) is 7.15. The summed E-state index contributed by atoms with van der Waals surface area (Å²) in [6, 6.07) is 6.42. The molecular weight excluding hydrogens is 252 g/mol. The van der Waals surface area contributed by atoms with E-state index in [9.17, 15) is 4.79 Å². The molecule has 4 rings (SSSR count). The van der Waals surface area contributed by atoms with E-state index in [1.54, 1.807) is 7.11 Å². The van der Waals surface area contributed by atoms with Gasteiger partial charge in [0.25, 0.3) is 0 Å². The lowest BCUT2D eigenvalue weighted by Gasteiger charge is -2.36. The van der Waals surface area contributed by atoms with Gasteiger partial charge in [-0.25, -0.2) is 0 Å². The SMILES string of the molecule is COc1ccc2c(c1)c1c3n2C(=O)CCC3N(C)CC1. The van der Waals surface area contributed by atoms with E-state index in [1.165, 1.54) is 16.6 Å². The first-order valence-electron chi connectivity index (χ1n) is 7.15. The number of likely N-dealkylation sites (N-methyl/N-ethyl adjacent to an activating group) is 1. The Labute approximate surface area is 117 Å². The molecule has 104 valence electrons. The van der Waals surface area contributed by atoms with Crippen molar-refractivity contribution >= 4 is 16.8 Å². The predicted molar refractivity (Wildman–Crippen MR) is 77.4 cm³/mol. The summed E-state index contributed by atoms with van der Waals surface area (Å²) in [4.78, 5) is 14.7. The van der Waals surface area contributed by atoms with E-state index in [0.717, 1.165) is 30.7 Å². The zero-order chi connectivity index (χ0) is 13.9. The number of ether oxygens (including phenoxy) is 1. The Kier molecular flexibility index (Phi) is 2.45. The second-order valence-corrected chi connectivity index (χ2v) is 5.76. The Hall–Kier alpha value is -1.81. The first kappa shape index (κ1) is 12.0. The summed E-state index contributed by atoms with van der Waals surface area (Å²) in [5.74, 6) is 1.09. The summed E-state index contributed by atoms with van der Waals surface area (Å²) in [6.45, 7) is 1.06. The molecule has 20 heavy (non-hydrogen) atoms. The highest BCUT2D eigenvalue weighted by Crippen LogP contribution is 2.42. The Bertz CT molecular complexity index is 717. The molecule has 0 aliphatic carbocycles. The Morgan fingerprint density at radius 2 is 2.15 bits per heavy atom. The normalized spacial score (nSPS) is 22.1. The molecule has 4 heteroatoms. The highest BCUT2D eigenvalue weighted by Gasteiger charge is 2.36. The number of rotatable bonds is 1. The van der Waals surface area contributed by atoms with Crippen LogP contribution in [0.2, 0.25) is 0 Å². The number of fused-ring (bicyclic) bond motifs is 3. The van der Waals surface area contributed by atoms with Crippen LogP contribution in [0.5, 0.6) is 5.75 Å². The molecule has 3 heterocycles. The van der Waals surface area contributed by atoms with Gasteiger partial charge < -0.3 is 4.74 Å². The van der Waals surface area contributed by atoms with Crippen LogP contribution < -0.4 is 4.74 Å². The number of hydrogen-bond acceptors (Lipinski definition) is 3. The Morgan fingerprint density at radius 1 is 1.30 bits per heavy atom. The molecule has 0 amide bonds. The van der Waals surface area contributed by atoms with Gasteiger partial charge in [0.2, 0.25) is 5.91 Å². The molecule has 4 nitrogen and oxygen atoms in total. The highest BCUT2D eigenvalue weighted by atomic mass is 16.5. The summed E-state index contributed by atoms with van der Waals surface area (Å²) in [5, 5.41) is 1.19. The van der Waals surface area contributed by atoms with Crippen molar-refractivity contribution in [2.24, 2.45) is 0 Å². The molecule has 0 N–H and O–H groups in total. The van der Waals surface area contributed by atoms with Crippen LogP contribution >= 0.6 is 0 Å². The van der Waals surface area contributed by atoms with Gasteiger partial charge in [0.05, 0.1) is 18.7 Å². The molecule has 0 spiro atoms. The van der Waals surface area contributed by atoms with E-state index < -0.39 is 0 Å². The van der Waals surface area contributed by atoms with Crippen LogP contribution in [0.15, 0.2) is 18.2 Å². The average molecular weight is 270 g/mol. The fourth-order valence-corrected chi connectivity index (χ4v) is 3.74. The summed E-state index contributed by atoms with van der Waals surface area (Å²) in [6.07, 6.45) is 2.58. The fourth-order valence-electron chi connectivity index (χ4n) is 3.74. The molecule has 2 aliphatic heterocycles. The predicted octanol–water partition coefficient (Wildman–Crippen LogP) is 2.61. The number of benzene rings is 1. The van der Waals surface area contributed by atoms with E-state index in [-0.39, 0.29) is 5.91 Å². The fraction of sp³-hybridized carbons (Fsp3) is 0.438. The molecule has 1 aromatic carbocycles. The lowest BCUT2D eigenvalue weighted by Crippen LogP contribution is -2.37. The highest BCUT2D eigenvalue weighted by molar-refractivity contribution is 5.97. The van der Waals surface area contributed by atoms with Crippen LogP contribution in [0.3, 0.4) is 0 Å². The summed E-state index contributed by atoms with van der Waals surface area (Å²) in [7, 11) is 3.84. The van der Waals surface area contributed by atoms with Crippen molar-refractivity contribution in [2.75, 3.05) is 20.7 Å². The molecule has 0 bridgehead atoms. The number of carbonyl (C=O) groups excluding carboxylic acids is 1. The van der Waals surface area contributed by atoms with Gasteiger partial charge in [-0.3, -0.25) is 14.3 Å². The Balaban J connectivity index is 2.08. The maximum absolute atomic E-state index is 12.4. The van der Waals surface area contributed by atoms with Crippen LogP contribution in [-0.2, 0) is 6.42 Å². The second-order valence-electron chi connectivity index (χ2n) is 5.76. The maximum Gasteiger partial charge on any atom is 0.231 e. The number of methoxy groups -OCH3 is 1. The molecule has 1 unspecified atom stereocenters. The molecule has 1 atom stereocenters. The standard InChI is InChI=1S/C16H18N2O2/c1-17-8-7-11-12-9-10(20-2)3-4-13(12)18-15(19)6-5-14(17)16(11)18/h3-4,9,14H,5-8H2,1-2H3. The minimum atomic E-state index is 0.230. The zero-order valence-corrected chi connectivity index (χ0v) is 11.8. The molecule has 0 radical (unpaired) electrons. The first-order chi connectivity index (χ1) is 9.70. The van der Waals surface area contributed by atoms with Crippen molar-refractivity contribution in [2.45, 2.75) is 25.3 Å². The minimum absolute atomic E-state index is 0.230. The van der Waals surface area contributed by atoms with Gasteiger partial charge in [0.1, 0.15) is 5.75 Å². The molecule has 2 aromatic rings. The van der Waals surface area contributed by atoms with Crippen LogP contribution in [-0.4, -0.2) is 36.1 Å². The van der Waals surface area contributed by atoms with Gasteiger partial charge in [-0.15, -0.1) is 0 Å². The van der Waals surface area contributed by atoms with Crippen molar-refractivity contribution in [3.8, 4) is 5.75 Å². The number of hydrogen-bond donors (Lipinski definition) is 0. The van der Waals surface area contributed by atoms with E-state index in [0.29, 0.717) is 12.5 Å². The van der Waals surface area contributed by atoms with Crippen LogP contribution in [0, 0.1) is 0 Å². The number of aromatic nitrogens is 1. The summed E-state index contributed by atoms with van der Waals surface area (Å²) in [5.41, 5.74) is 3.61. The van der Waals surface area contributed by atoms with Gasteiger partial charge >= 0.3 is 0 Å². The number of nitrogens with zero attached hydrogens (tertiary/aromatic N) is 2. The van der Waals surface area contributed by atoms with Crippen molar-refractivity contribution in [1.29, 1.82) is 0 Å². The lowest BCUT2D eigenvalue weighted by molar-refractivity contribution is 0.0833. The average Bonchev–Trinajstić information content (AvgIpc) is 2.80. The van der Waals surface area contributed by atoms with Crippen molar-refractivity contribution in [3.63, 3.8) is 0 Å². The minimum Gasteiger partial charge on any atom is -0.497 e. The van der Waals surface area contributed by atoms with E-state index >= 15 is 0 Å². The number of carbonyl (C=O) groups is 1. The van der Waals surface area contributed by atoms with Gasteiger partial charge in [-0.1, -0.05) is 0 Å². The van der Waals surface area contributed by atoms with Crippen molar-refractivity contribution < 1.29 is 9.53 Å². The van der Waals surface area contributed by atoms with Crippen LogP contribution in [0.25, 0.3) is 10.9 Å². The second kappa shape index (κ2) is 4.09. The molecular formula is C16H18N2O2. The third-order valence-corrected chi connectivity index (χ3v) is 4.76. The van der Waals surface area contributed by atoms with Crippen molar-refractivity contribution in [3.05, 3.63) is 29.5 Å². The summed E-state index contributed by atoms with van der Waals surface area (Å²) >= 11 is 0. The van der Waals surface area contributed by atoms with Gasteiger partial charge in [0, 0.05) is 24.0 Å². The van der Waals surface area contributed by atoms with Gasteiger partial charge in [0.15, 0.2) is 0 Å². The zero-order valence-electron chi connectivity index (χ0n) is 11.8. The lowest BCUT2D eigenvalue weighted by atomic mass is 9.93. The topological polar surface area (TPSA) is 34.5 Å². The van der Waals surface area contributed by atoms with Crippen molar-refractivity contribution in [1.82, 2.24) is 9.47 Å². The van der Waals surface area contributed by atoms with Gasteiger partial charge in [-0.05, 0) is 43.7 Å². The molecule has 1 aromatic heterocycles. The quantitative estimate of drug-likeness (QED) is 0.799. The summed E-state index contributed by atoms with van der Waals surface area (Å²) < 4.78 is 7.29. The Morgan fingerprint density at radius 3 is 2.95 bits per heavy atom. The molecule has 0 saturated carbocycles. The van der Waals surface area contributed by atoms with Crippen LogP contribution in [0.1, 0.15) is 34.9 Å². The largest absolute Gasteiger partial charge is 0.497 e. The maximum atomic E-state index is 12.4. The third-order valence-electron chi connectivity index (χ3n) is 4.76. The third kappa shape index (κ3) is 1.43. The van der Waals surface area contributed by atoms with E-state index in [1.807, 2.05) is 16.7 Å². The molecule has 0 saturated heterocycles. The molecule has 2 aliphatic rings. The smallest absolute Gasteiger partial charge is 0.231 e. The molecule has 0 fully saturated rings.